The number of aromatic nitrogens is 1. The van der Waals surface area contributed by atoms with Crippen LogP contribution in [0.2, 0.25) is 5.02 Å². The van der Waals surface area contributed by atoms with Crippen molar-refractivity contribution in [3.63, 3.8) is 0 Å². The van der Waals surface area contributed by atoms with Gasteiger partial charge in [-0.1, -0.05) is 41.9 Å². The molecule has 0 atom stereocenters. The monoisotopic (exact) mass is 407 g/mol. The summed E-state index contributed by atoms with van der Waals surface area (Å²) in [4.78, 5) is 6.51. The van der Waals surface area contributed by atoms with Crippen LogP contribution in [0.1, 0.15) is 5.56 Å². The average molecular weight is 408 g/mol. The van der Waals surface area contributed by atoms with Crippen LogP contribution in [0.3, 0.4) is 0 Å². The van der Waals surface area contributed by atoms with E-state index in [-0.39, 0.29) is 21.9 Å². The van der Waals surface area contributed by atoms with Crippen molar-refractivity contribution in [2.24, 2.45) is 10.1 Å². The number of aliphatic imine (C=N–C) groups is 1. The van der Waals surface area contributed by atoms with Gasteiger partial charge in [0, 0.05) is 17.4 Å². The van der Waals surface area contributed by atoms with E-state index >= 15 is 0 Å². The Hall–Kier alpha value is -2.67. The highest BCUT2D eigenvalue weighted by atomic mass is 35.5. The van der Waals surface area contributed by atoms with Crippen molar-refractivity contribution in [3.8, 4) is 12.3 Å². The smallest absolute Gasteiger partial charge is 0.267 e. The molecule has 0 aliphatic heterocycles. The molecule has 0 saturated carbocycles. The van der Waals surface area contributed by atoms with E-state index in [1.165, 1.54) is 24.7 Å². The summed E-state index contributed by atoms with van der Waals surface area (Å²) >= 11 is 10.8. The minimum Gasteiger partial charge on any atom is -0.366 e. The summed E-state index contributed by atoms with van der Waals surface area (Å²) in [5, 5.41) is 4.54. The molecule has 0 radical (unpaired) electrons. The summed E-state index contributed by atoms with van der Waals surface area (Å²) in [6.45, 7) is -0.0387. The van der Waals surface area contributed by atoms with Crippen molar-refractivity contribution >= 4 is 46.0 Å². The van der Waals surface area contributed by atoms with E-state index in [2.05, 4.69) is 31.1 Å². The zero-order valence-electron chi connectivity index (χ0n) is 13.3. The van der Waals surface area contributed by atoms with Gasteiger partial charge in [0.2, 0.25) is 5.96 Å². The van der Waals surface area contributed by atoms with Crippen molar-refractivity contribution in [1.82, 2.24) is 15.1 Å². The van der Waals surface area contributed by atoms with Crippen LogP contribution in [-0.2, 0) is 10.0 Å². The van der Waals surface area contributed by atoms with Gasteiger partial charge in [0.1, 0.15) is 11.4 Å². The Morgan fingerprint density at radius 3 is 2.73 bits per heavy atom. The highest BCUT2D eigenvalue weighted by Crippen LogP contribution is 2.09. The third kappa shape index (κ3) is 5.70. The number of sulfonamides is 1. The molecule has 0 unspecified atom stereocenters. The first-order valence-electron chi connectivity index (χ1n) is 7.15. The van der Waals surface area contributed by atoms with Gasteiger partial charge >= 0.3 is 0 Å². The number of benzene rings is 1. The molecule has 2 rings (SSSR count). The molecule has 2 aromatic rings. The molecule has 26 heavy (non-hydrogen) atoms. The molecule has 1 heterocycles. The van der Waals surface area contributed by atoms with Crippen molar-refractivity contribution in [1.29, 1.82) is 0 Å². The summed E-state index contributed by atoms with van der Waals surface area (Å²) in [5.41, 5.74) is 3.28. The molecule has 0 aliphatic carbocycles. The number of rotatable bonds is 5. The summed E-state index contributed by atoms with van der Waals surface area (Å²) in [7, 11) is -3.96. The van der Waals surface area contributed by atoms with Crippen molar-refractivity contribution in [2.75, 3.05) is 6.54 Å². The zero-order valence-corrected chi connectivity index (χ0v) is 15.7. The lowest BCUT2D eigenvalue weighted by Gasteiger charge is -2.09. The first-order valence-corrected chi connectivity index (χ1v) is 9.42. The van der Waals surface area contributed by atoms with E-state index in [0.717, 1.165) is 5.56 Å². The predicted molar refractivity (Wildman–Crippen MR) is 105 cm³/mol. The maximum absolute atomic E-state index is 12.5. The zero-order chi connectivity index (χ0) is 19.0. The number of nitrogens with zero attached hydrogens (tertiary/aromatic N) is 2. The Labute approximate surface area is 161 Å². The van der Waals surface area contributed by atoms with E-state index in [1.807, 2.05) is 0 Å². The summed E-state index contributed by atoms with van der Waals surface area (Å²) in [6, 6.07) is 8.37. The molecule has 3 N–H and O–H groups in total. The lowest BCUT2D eigenvalue weighted by molar-refractivity contribution is 0.591. The number of aromatic amines is 1. The van der Waals surface area contributed by atoms with Gasteiger partial charge in [-0.2, -0.15) is 5.10 Å². The van der Waals surface area contributed by atoms with Crippen LogP contribution in [0.5, 0.6) is 0 Å². The number of hydrogen-bond acceptors (Lipinski definition) is 5. The molecule has 0 bridgehead atoms. The van der Waals surface area contributed by atoms with Crippen LogP contribution in [0, 0.1) is 16.9 Å². The fourth-order valence-electron chi connectivity index (χ4n) is 1.73. The molecule has 1 aromatic carbocycles. The van der Waals surface area contributed by atoms with Crippen LogP contribution in [-0.4, -0.2) is 32.1 Å². The minimum absolute atomic E-state index is 0.0387. The number of terminal acetylenes is 1. The number of guanidine groups is 1. The topological polar surface area (TPSA) is 98.7 Å². The van der Waals surface area contributed by atoms with E-state index in [1.54, 1.807) is 24.3 Å². The first-order chi connectivity index (χ1) is 12.4. The Balaban J connectivity index is 2.17. The molecule has 0 saturated heterocycles. The van der Waals surface area contributed by atoms with Gasteiger partial charge in [-0.05, 0) is 23.8 Å². The fourth-order valence-corrected chi connectivity index (χ4v) is 3.34. The number of hydrazone groups is 1. The van der Waals surface area contributed by atoms with Crippen molar-refractivity contribution < 1.29 is 8.42 Å². The second kappa shape index (κ2) is 9.15. The lowest BCUT2D eigenvalue weighted by atomic mass is 10.2. The molecule has 0 aliphatic rings. The summed E-state index contributed by atoms with van der Waals surface area (Å²) < 4.78 is 27.4. The first kappa shape index (κ1) is 19.7. The van der Waals surface area contributed by atoms with Gasteiger partial charge in [-0.25, -0.2) is 23.6 Å². The van der Waals surface area contributed by atoms with E-state index in [0.29, 0.717) is 5.02 Å². The van der Waals surface area contributed by atoms with E-state index < -0.39 is 10.0 Å². The van der Waals surface area contributed by atoms with Gasteiger partial charge in [-0.15, -0.1) is 6.42 Å². The highest BCUT2D eigenvalue weighted by Gasteiger charge is 2.17. The fraction of sp³-hybridized carbons (Fsp3) is 0.0625. The van der Waals surface area contributed by atoms with Crippen LogP contribution >= 0.6 is 23.8 Å². The standard InChI is InChI=1S/C16H14ClN5O2S2/c1-2-8-19-16(21-20-10-12-3-5-13(17)6-4-12)22-26(23,24)15-11-18-9-7-14(15)25/h1,3-7,9-11H,8H2,(H,18,25)(H2,19,21,22)/b20-10+. The van der Waals surface area contributed by atoms with Gasteiger partial charge < -0.3 is 4.98 Å². The molecule has 0 fully saturated rings. The average Bonchev–Trinajstić information content (AvgIpc) is 2.61. The number of halogens is 1. The van der Waals surface area contributed by atoms with Crippen molar-refractivity contribution in [3.05, 3.63) is 57.8 Å². The number of nitrogens with one attached hydrogen (secondary N) is 3. The maximum Gasteiger partial charge on any atom is 0.267 e. The molecular formula is C16H14ClN5O2S2. The van der Waals surface area contributed by atoms with E-state index in [9.17, 15) is 8.42 Å². The minimum atomic E-state index is -3.96. The number of pyridine rings is 1. The summed E-state index contributed by atoms with van der Waals surface area (Å²) in [5.74, 6) is 2.16. The van der Waals surface area contributed by atoms with Gasteiger partial charge in [0.25, 0.3) is 10.0 Å². The quantitative estimate of drug-likeness (QED) is 0.233. The SMILES string of the molecule is C#CCN=C(N/N=C/c1ccc(Cl)cc1)NS(=O)(=O)c1c[nH]ccc1=S. The molecule has 0 spiro atoms. The number of H-pyrrole nitrogens is 1. The Morgan fingerprint density at radius 2 is 2.08 bits per heavy atom. The molecular weight excluding hydrogens is 394 g/mol. The normalized spacial score (nSPS) is 11.9. The second-order valence-electron chi connectivity index (χ2n) is 4.77. The largest absolute Gasteiger partial charge is 0.366 e. The molecule has 1 aromatic heterocycles. The maximum atomic E-state index is 12.5. The summed E-state index contributed by atoms with van der Waals surface area (Å²) in [6.07, 6.45) is 9.46. The Bertz CT molecular complexity index is 1020. The van der Waals surface area contributed by atoms with Crippen LogP contribution in [0.15, 0.2) is 57.7 Å². The Morgan fingerprint density at radius 1 is 1.35 bits per heavy atom. The van der Waals surface area contributed by atoms with E-state index in [4.69, 9.17) is 30.2 Å². The van der Waals surface area contributed by atoms with Crippen LogP contribution in [0.4, 0.5) is 0 Å². The van der Waals surface area contributed by atoms with Gasteiger partial charge in [-0.3, -0.25) is 0 Å². The second-order valence-corrected chi connectivity index (χ2v) is 7.30. The third-order valence-corrected chi connectivity index (χ3v) is 5.01. The van der Waals surface area contributed by atoms with Crippen LogP contribution in [0.25, 0.3) is 0 Å². The molecule has 10 heteroatoms. The third-order valence-electron chi connectivity index (χ3n) is 2.89. The highest BCUT2D eigenvalue weighted by molar-refractivity contribution is 7.90. The number of hydrogen-bond donors (Lipinski definition) is 3. The van der Waals surface area contributed by atoms with Crippen LogP contribution < -0.4 is 10.1 Å². The Kier molecular flexibility index (Phi) is 6.91. The molecule has 134 valence electrons. The van der Waals surface area contributed by atoms with Gasteiger partial charge in [0.15, 0.2) is 0 Å². The van der Waals surface area contributed by atoms with Gasteiger partial charge in [0.05, 0.1) is 10.7 Å². The predicted octanol–water partition coefficient (Wildman–Crippen LogP) is 2.29. The molecule has 0 amide bonds. The van der Waals surface area contributed by atoms with Crippen molar-refractivity contribution in [2.45, 2.75) is 4.90 Å². The molecule has 7 nitrogen and oxygen atoms in total. The lowest BCUT2D eigenvalue weighted by Crippen LogP contribution is -2.39.